The number of nitrogens with zero attached hydrogens (tertiary/aromatic N) is 4. The molecule has 0 unspecified atom stereocenters. The Kier molecular flexibility index (Phi) is 4.14. The Morgan fingerprint density at radius 3 is 2.79 bits per heavy atom. The van der Waals surface area contributed by atoms with Crippen LogP contribution in [-0.4, -0.2) is 19.7 Å². The highest BCUT2D eigenvalue weighted by atomic mass is 15.3. The van der Waals surface area contributed by atoms with Crippen LogP contribution in [0.2, 0.25) is 0 Å². The molecule has 0 aromatic carbocycles. The molecule has 102 valence electrons. The Labute approximate surface area is 114 Å². The molecule has 0 saturated heterocycles. The molecular weight excluding hydrogens is 238 g/mol. The van der Waals surface area contributed by atoms with E-state index in [9.17, 15) is 0 Å². The normalized spacial score (nSPS) is 11.0. The minimum atomic E-state index is 0.584. The molecule has 2 aromatic heterocycles. The van der Waals surface area contributed by atoms with Gasteiger partial charge in [0.05, 0.1) is 11.9 Å². The summed E-state index contributed by atoms with van der Waals surface area (Å²) in [5, 5.41) is 7.61. The second-order valence-electron chi connectivity index (χ2n) is 5.12. The van der Waals surface area contributed by atoms with Crippen LogP contribution >= 0.6 is 0 Å². The molecule has 0 aliphatic heterocycles. The molecule has 2 heterocycles. The quantitative estimate of drug-likeness (QED) is 0.897. The van der Waals surface area contributed by atoms with E-state index < -0.39 is 0 Å². The molecule has 0 saturated carbocycles. The highest BCUT2D eigenvalue weighted by molar-refractivity contribution is 5.54. The zero-order chi connectivity index (χ0) is 13.8. The van der Waals surface area contributed by atoms with Crippen molar-refractivity contribution in [2.45, 2.75) is 40.7 Å². The lowest BCUT2D eigenvalue weighted by Crippen LogP contribution is -2.04. The van der Waals surface area contributed by atoms with Crippen LogP contribution in [0, 0.1) is 12.8 Å². The average molecular weight is 259 g/mol. The van der Waals surface area contributed by atoms with Crippen LogP contribution in [0.5, 0.6) is 0 Å². The van der Waals surface area contributed by atoms with Crippen molar-refractivity contribution in [2.24, 2.45) is 5.92 Å². The van der Waals surface area contributed by atoms with Crippen LogP contribution in [-0.2, 0) is 13.0 Å². The molecule has 2 rings (SSSR count). The van der Waals surface area contributed by atoms with E-state index in [1.165, 1.54) is 0 Å². The lowest BCUT2D eigenvalue weighted by atomic mass is 10.2. The number of hydrogen-bond acceptors (Lipinski definition) is 4. The summed E-state index contributed by atoms with van der Waals surface area (Å²) in [5.41, 5.74) is 2.00. The zero-order valence-electron chi connectivity index (χ0n) is 12.0. The molecule has 5 nitrogen and oxygen atoms in total. The van der Waals surface area contributed by atoms with Gasteiger partial charge in [-0.3, -0.25) is 4.68 Å². The van der Waals surface area contributed by atoms with Crippen molar-refractivity contribution in [3.05, 3.63) is 30.0 Å². The fourth-order valence-electron chi connectivity index (χ4n) is 1.92. The highest BCUT2D eigenvalue weighted by Crippen LogP contribution is 2.15. The van der Waals surface area contributed by atoms with Crippen molar-refractivity contribution in [3.63, 3.8) is 0 Å². The molecule has 19 heavy (non-hydrogen) atoms. The molecule has 0 aliphatic carbocycles. The van der Waals surface area contributed by atoms with Crippen LogP contribution in [0.3, 0.4) is 0 Å². The molecule has 0 spiro atoms. The lowest BCUT2D eigenvalue weighted by Gasteiger charge is -2.06. The summed E-state index contributed by atoms with van der Waals surface area (Å²) in [6.45, 7) is 9.27. The van der Waals surface area contributed by atoms with Gasteiger partial charge in [-0.15, -0.1) is 0 Å². The van der Waals surface area contributed by atoms with Crippen molar-refractivity contribution < 1.29 is 0 Å². The maximum atomic E-state index is 4.39. The molecule has 0 radical (unpaired) electrons. The highest BCUT2D eigenvalue weighted by Gasteiger charge is 2.04. The SMILES string of the molecule is CCc1cc(Nc2cnn(CC(C)C)c2)nc(C)n1. The molecule has 0 bridgehead atoms. The van der Waals surface area contributed by atoms with Crippen LogP contribution in [0.1, 0.15) is 32.3 Å². The number of nitrogens with one attached hydrogen (secondary N) is 1. The standard InChI is InChI=1S/C14H21N5/c1-5-12-6-14(17-11(4)16-12)18-13-7-15-19(9-13)8-10(2)3/h6-7,9-10H,5,8H2,1-4H3,(H,16,17,18). The summed E-state index contributed by atoms with van der Waals surface area (Å²) in [6.07, 6.45) is 4.74. The number of aromatic nitrogens is 4. The zero-order valence-corrected chi connectivity index (χ0v) is 12.0. The Balaban J connectivity index is 2.12. The first kappa shape index (κ1) is 13.5. The molecule has 0 aliphatic rings. The second-order valence-corrected chi connectivity index (χ2v) is 5.12. The molecule has 0 amide bonds. The van der Waals surface area contributed by atoms with E-state index in [0.29, 0.717) is 5.92 Å². The van der Waals surface area contributed by atoms with Gasteiger partial charge in [0.25, 0.3) is 0 Å². The van der Waals surface area contributed by atoms with E-state index in [1.807, 2.05) is 30.1 Å². The molecule has 0 atom stereocenters. The van der Waals surface area contributed by atoms with Crippen molar-refractivity contribution in [1.82, 2.24) is 19.7 Å². The van der Waals surface area contributed by atoms with Crippen LogP contribution in [0.15, 0.2) is 18.5 Å². The molecule has 5 heteroatoms. The predicted molar refractivity (Wildman–Crippen MR) is 76.5 cm³/mol. The van der Waals surface area contributed by atoms with Gasteiger partial charge in [-0.25, -0.2) is 9.97 Å². The summed E-state index contributed by atoms with van der Waals surface area (Å²) < 4.78 is 1.95. The maximum Gasteiger partial charge on any atom is 0.134 e. The number of rotatable bonds is 5. The fraction of sp³-hybridized carbons (Fsp3) is 0.500. The summed E-state index contributed by atoms with van der Waals surface area (Å²) in [7, 11) is 0. The van der Waals surface area contributed by atoms with Gasteiger partial charge in [0, 0.05) is 24.5 Å². The third-order valence-electron chi connectivity index (χ3n) is 2.71. The minimum Gasteiger partial charge on any atom is -0.338 e. The fourth-order valence-corrected chi connectivity index (χ4v) is 1.92. The molecule has 1 N–H and O–H groups in total. The minimum absolute atomic E-state index is 0.584. The predicted octanol–water partition coefficient (Wildman–Crippen LogP) is 2.94. The number of anilines is 2. The molecule has 0 fully saturated rings. The Hall–Kier alpha value is -1.91. The van der Waals surface area contributed by atoms with Crippen molar-refractivity contribution in [2.75, 3.05) is 5.32 Å². The third-order valence-corrected chi connectivity index (χ3v) is 2.71. The first-order chi connectivity index (χ1) is 9.06. The molecule has 2 aromatic rings. The van der Waals surface area contributed by atoms with Gasteiger partial charge >= 0.3 is 0 Å². The van der Waals surface area contributed by atoms with Gasteiger partial charge in [0.15, 0.2) is 0 Å². The van der Waals surface area contributed by atoms with Gasteiger partial charge < -0.3 is 5.32 Å². The largest absolute Gasteiger partial charge is 0.338 e. The first-order valence-electron chi connectivity index (χ1n) is 6.71. The first-order valence-corrected chi connectivity index (χ1v) is 6.71. The summed E-state index contributed by atoms with van der Waals surface area (Å²) in [6, 6.07) is 1.98. The number of aryl methyl sites for hydroxylation is 2. The van der Waals surface area contributed by atoms with Crippen molar-refractivity contribution >= 4 is 11.5 Å². The summed E-state index contributed by atoms with van der Waals surface area (Å²) in [5.74, 6) is 2.20. The third kappa shape index (κ3) is 3.77. The van der Waals surface area contributed by atoms with Gasteiger partial charge in [0.2, 0.25) is 0 Å². The van der Waals surface area contributed by atoms with Gasteiger partial charge in [-0.2, -0.15) is 5.10 Å². The van der Waals surface area contributed by atoms with E-state index in [-0.39, 0.29) is 0 Å². The van der Waals surface area contributed by atoms with Gasteiger partial charge in [0.1, 0.15) is 11.6 Å². The van der Waals surface area contributed by atoms with E-state index in [0.717, 1.165) is 36.0 Å². The van der Waals surface area contributed by atoms with Crippen LogP contribution < -0.4 is 5.32 Å². The Bertz CT molecular complexity index is 545. The van der Waals surface area contributed by atoms with E-state index in [4.69, 9.17) is 0 Å². The molecular formula is C14H21N5. The van der Waals surface area contributed by atoms with Gasteiger partial charge in [-0.05, 0) is 19.3 Å². The lowest BCUT2D eigenvalue weighted by molar-refractivity contribution is 0.483. The Morgan fingerprint density at radius 1 is 1.32 bits per heavy atom. The topological polar surface area (TPSA) is 55.6 Å². The van der Waals surface area contributed by atoms with E-state index in [2.05, 4.69) is 41.2 Å². The second kappa shape index (κ2) is 5.82. The Morgan fingerprint density at radius 2 is 2.11 bits per heavy atom. The van der Waals surface area contributed by atoms with Gasteiger partial charge in [-0.1, -0.05) is 20.8 Å². The smallest absolute Gasteiger partial charge is 0.134 e. The van der Waals surface area contributed by atoms with E-state index >= 15 is 0 Å². The number of hydrogen-bond donors (Lipinski definition) is 1. The van der Waals surface area contributed by atoms with E-state index in [1.54, 1.807) is 0 Å². The van der Waals surface area contributed by atoms with Crippen LogP contribution in [0.4, 0.5) is 11.5 Å². The summed E-state index contributed by atoms with van der Waals surface area (Å²) in [4.78, 5) is 8.75. The van der Waals surface area contributed by atoms with Crippen molar-refractivity contribution in [3.8, 4) is 0 Å². The maximum absolute atomic E-state index is 4.39. The average Bonchev–Trinajstić information content (AvgIpc) is 2.74. The monoisotopic (exact) mass is 259 g/mol. The van der Waals surface area contributed by atoms with Crippen LogP contribution in [0.25, 0.3) is 0 Å². The summed E-state index contributed by atoms with van der Waals surface area (Å²) >= 11 is 0. The van der Waals surface area contributed by atoms with Crippen molar-refractivity contribution in [1.29, 1.82) is 0 Å².